The van der Waals surface area contributed by atoms with Gasteiger partial charge in [0.1, 0.15) is 0 Å². The Bertz CT molecular complexity index is 1140. The Morgan fingerprint density at radius 1 is 0.871 bits per heavy atom. The Morgan fingerprint density at radius 3 is 2.10 bits per heavy atom. The number of sulfonamides is 1. The maximum Gasteiger partial charge on any atom is 0.243 e. The van der Waals surface area contributed by atoms with Gasteiger partial charge in [0, 0.05) is 44.3 Å². The van der Waals surface area contributed by atoms with Crippen LogP contribution in [0, 0.1) is 20.8 Å². The lowest BCUT2D eigenvalue weighted by molar-refractivity contribution is 0.383. The van der Waals surface area contributed by atoms with Crippen molar-refractivity contribution in [2.24, 2.45) is 0 Å². The molecule has 0 bridgehead atoms. The molecule has 0 amide bonds. The minimum Gasteiger partial charge on any atom is -0.352 e. The van der Waals surface area contributed by atoms with Gasteiger partial charge in [-0.05, 0) is 56.2 Å². The Hall–Kier alpha value is -3.04. The van der Waals surface area contributed by atoms with Crippen molar-refractivity contribution >= 4 is 27.3 Å². The molecule has 1 fully saturated rings. The molecule has 0 radical (unpaired) electrons. The minimum atomic E-state index is -3.53. The lowest BCUT2D eigenvalue weighted by atomic mass is 10.1. The highest BCUT2D eigenvalue weighted by Crippen LogP contribution is 2.27. The van der Waals surface area contributed by atoms with Gasteiger partial charge in [0.05, 0.1) is 4.90 Å². The molecule has 2 aromatic heterocycles. The quantitative estimate of drug-likeness (QED) is 0.655. The molecule has 1 N–H and O–H groups in total. The second-order valence-corrected chi connectivity index (χ2v) is 9.63. The average Bonchev–Trinajstić information content (AvgIpc) is 2.74. The van der Waals surface area contributed by atoms with Crippen molar-refractivity contribution in [3.8, 4) is 0 Å². The molecular formula is C22H26N6O2S. The zero-order chi connectivity index (χ0) is 22.0. The molecule has 1 aliphatic heterocycles. The van der Waals surface area contributed by atoms with Gasteiger partial charge in [0.2, 0.25) is 10.0 Å². The number of hydrogen-bond donors (Lipinski definition) is 1. The van der Waals surface area contributed by atoms with E-state index in [-0.39, 0.29) is 0 Å². The van der Waals surface area contributed by atoms with Gasteiger partial charge in [-0.3, -0.25) is 4.98 Å². The highest BCUT2D eigenvalue weighted by Gasteiger charge is 2.31. The van der Waals surface area contributed by atoms with Crippen LogP contribution in [0.3, 0.4) is 0 Å². The Balaban J connectivity index is 1.43. The van der Waals surface area contributed by atoms with Crippen LogP contribution < -0.4 is 10.2 Å². The van der Waals surface area contributed by atoms with Gasteiger partial charge in [-0.2, -0.15) is 4.31 Å². The largest absolute Gasteiger partial charge is 0.352 e. The molecule has 162 valence electrons. The van der Waals surface area contributed by atoms with Crippen LogP contribution in [0.25, 0.3) is 0 Å². The van der Waals surface area contributed by atoms with Crippen LogP contribution in [0.2, 0.25) is 0 Å². The second-order valence-electron chi connectivity index (χ2n) is 7.76. The summed E-state index contributed by atoms with van der Waals surface area (Å²) in [5.74, 6) is 1.38. The Labute approximate surface area is 183 Å². The molecule has 1 aromatic carbocycles. The van der Waals surface area contributed by atoms with Gasteiger partial charge in [0.15, 0.2) is 11.6 Å². The Morgan fingerprint density at radius 2 is 1.52 bits per heavy atom. The predicted molar refractivity (Wildman–Crippen MR) is 121 cm³/mol. The van der Waals surface area contributed by atoms with E-state index in [9.17, 15) is 8.42 Å². The number of nitrogens with one attached hydrogen (secondary N) is 1. The van der Waals surface area contributed by atoms with Crippen molar-refractivity contribution in [1.82, 2.24) is 19.5 Å². The normalized spacial score (nSPS) is 15.1. The van der Waals surface area contributed by atoms with Gasteiger partial charge in [-0.25, -0.2) is 8.42 Å². The maximum absolute atomic E-state index is 13.3. The first-order valence-corrected chi connectivity index (χ1v) is 11.6. The van der Waals surface area contributed by atoms with Crippen molar-refractivity contribution in [2.75, 3.05) is 36.4 Å². The van der Waals surface area contributed by atoms with E-state index in [1.54, 1.807) is 16.7 Å². The molecule has 1 aliphatic rings. The summed E-state index contributed by atoms with van der Waals surface area (Å²) in [5.41, 5.74) is 3.54. The molecule has 0 atom stereocenters. The van der Waals surface area contributed by atoms with Gasteiger partial charge in [-0.15, -0.1) is 10.2 Å². The number of aromatic nitrogens is 3. The highest BCUT2D eigenvalue weighted by molar-refractivity contribution is 7.89. The molecule has 1 saturated heterocycles. The van der Waals surface area contributed by atoms with E-state index in [0.717, 1.165) is 28.2 Å². The topological polar surface area (TPSA) is 91.3 Å². The lowest BCUT2D eigenvalue weighted by Gasteiger charge is -2.35. The standard InChI is InChI=1S/C22H26N6O2S/c1-16-14-17(2)22(18(3)15-16)31(29,30)28-12-10-27(11-13-28)21-5-4-20(25-26-21)24-19-6-8-23-9-7-19/h4-9,14-15H,10-13H2,1-3H3,(H,23,24,25). The molecule has 9 heteroatoms. The first-order valence-electron chi connectivity index (χ1n) is 10.2. The molecule has 4 rings (SSSR count). The fraction of sp³-hybridized carbons (Fsp3) is 0.318. The summed E-state index contributed by atoms with van der Waals surface area (Å²) >= 11 is 0. The van der Waals surface area contributed by atoms with E-state index >= 15 is 0 Å². The van der Waals surface area contributed by atoms with Gasteiger partial charge in [0.25, 0.3) is 0 Å². The summed E-state index contributed by atoms with van der Waals surface area (Å²) in [6.45, 7) is 7.65. The predicted octanol–water partition coefficient (Wildman–Crippen LogP) is 3.05. The molecule has 0 saturated carbocycles. The molecule has 0 unspecified atom stereocenters. The van der Waals surface area contributed by atoms with Gasteiger partial charge in [-0.1, -0.05) is 17.7 Å². The summed E-state index contributed by atoms with van der Waals surface area (Å²) in [7, 11) is -3.53. The van der Waals surface area contributed by atoms with Crippen LogP contribution in [0.15, 0.2) is 53.7 Å². The van der Waals surface area contributed by atoms with Crippen LogP contribution >= 0.6 is 0 Å². The molecule has 3 heterocycles. The lowest BCUT2D eigenvalue weighted by Crippen LogP contribution is -2.49. The zero-order valence-electron chi connectivity index (χ0n) is 17.9. The van der Waals surface area contributed by atoms with Crippen LogP contribution in [0.1, 0.15) is 16.7 Å². The third-order valence-corrected chi connectivity index (χ3v) is 7.57. The number of nitrogens with zero attached hydrogens (tertiary/aromatic N) is 5. The molecule has 0 aliphatic carbocycles. The van der Waals surface area contributed by atoms with E-state index in [1.807, 2.05) is 57.2 Å². The van der Waals surface area contributed by atoms with Crippen LogP contribution in [0.4, 0.5) is 17.3 Å². The van der Waals surface area contributed by atoms with Crippen LogP contribution in [-0.2, 0) is 10.0 Å². The van der Waals surface area contributed by atoms with E-state index in [0.29, 0.717) is 36.9 Å². The van der Waals surface area contributed by atoms with Gasteiger partial charge >= 0.3 is 0 Å². The first kappa shape index (κ1) is 21.2. The Kier molecular flexibility index (Phi) is 5.88. The van der Waals surface area contributed by atoms with E-state index in [1.165, 1.54) is 0 Å². The number of rotatable bonds is 5. The number of piperazine rings is 1. The fourth-order valence-electron chi connectivity index (χ4n) is 4.00. The van der Waals surface area contributed by atoms with Crippen molar-refractivity contribution in [3.63, 3.8) is 0 Å². The third-order valence-electron chi connectivity index (χ3n) is 5.37. The minimum absolute atomic E-state index is 0.411. The number of aryl methyl sites for hydroxylation is 3. The average molecular weight is 439 g/mol. The highest BCUT2D eigenvalue weighted by atomic mass is 32.2. The first-order chi connectivity index (χ1) is 14.8. The van der Waals surface area contributed by atoms with E-state index in [2.05, 4.69) is 25.4 Å². The maximum atomic E-state index is 13.3. The third kappa shape index (κ3) is 4.52. The number of pyridine rings is 1. The van der Waals surface area contributed by atoms with Crippen molar-refractivity contribution < 1.29 is 8.42 Å². The summed E-state index contributed by atoms with van der Waals surface area (Å²) in [4.78, 5) is 6.48. The monoisotopic (exact) mass is 438 g/mol. The smallest absolute Gasteiger partial charge is 0.243 e. The molecule has 31 heavy (non-hydrogen) atoms. The van der Waals surface area contributed by atoms with Crippen molar-refractivity contribution in [3.05, 3.63) is 65.5 Å². The van der Waals surface area contributed by atoms with E-state index < -0.39 is 10.0 Å². The molecule has 0 spiro atoms. The summed E-state index contributed by atoms with van der Waals surface area (Å²) in [6.07, 6.45) is 3.41. The fourth-order valence-corrected chi connectivity index (χ4v) is 5.84. The van der Waals surface area contributed by atoms with Gasteiger partial charge < -0.3 is 10.2 Å². The number of anilines is 3. The van der Waals surface area contributed by atoms with Crippen molar-refractivity contribution in [1.29, 1.82) is 0 Å². The van der Waals surface area contributed by atoms with Crippen molar-refractivity contribution in [2.45, 2.75) is 25.7 Å². The van der Waals surface area contributed by atoms with Crippen LogP contribution in [0.5, 0.6) is 0 Å². The summed E-state index contributed by atoms with van der Waals surface area (Å²) in [5, 5.41) is 11.7. The SMILES string of the molecule is Cc1cc(C)c(S(=O)(=O)N2CCN(c3ccc(Nc4ccncc4)nn3)CC2)c(C)c1. The molecule has 8 nitrogen and oxygen atoms in total. The van der Waals surface area contributed by atoms with Crippen LogP contribution in [-0.4, -0.2) is 54.1 Å². The second kappa shape index (κ2) is 8.60. The summed E-state index contributed by atoms with van der Waals surface area (Å²) < 4.78 is 28.1. The number of benzene rings is 1. The molecular weight excluding hydrogens is 412 g/mol. The zero-order valence-corrected chi connectivity index (χ0v) is 18.7. The molecule has 3 aromatic rings. The summed E-state index contributed by atoms with van der Waals surface area (Å²) in [6, 6.07) is 11.3. The van der Waals surface area contributed by atoms with E-state index in [4.69, 9.17) is 0 Å². The number of hydrogen-bond acceptors (Lipinski definition) is 7.